The molecule has 0 aliphatic carbocycles. The molecule has 3 rings (SSSR count). The van der Waals surface area contributed by atoms with Crippen LogP contribution in [0.4, 0.5) is 5.13 Å². The molecule has 0 radical (unpaired) electrons. The Balaban J connectivity index is 1.51. The highest BCUT2D eigenvalue weighted by Crippen LogP contribution is 2.19. The van der Waals surface area contributed by atoms with Crippen molar-refractivity contribution in [3.05, 3.63) is 70.2 Å². The van der Waals surface area contributed by atoms with E-state index in [1.165, 1.54) is 16.9 Å². The predicted octanol–water partition coefficient (Wildman–Crippen LogP) is 3.99. The number of methoxy groups -OCH3 is 1. The van der Waals surface area contributed by atoms with Crippen LogP contribution in [0, 0.1) is 6.92 Å². The molecule has 0 saturated carbocycles. The SMILES string of the molecule is COc1cccc(COC(C)C(=O)Nc2nnc(Cc3ccc(C)cc3)s2)c1. The molecule has 1 atom stereocenters. The number of hydrogen-bond acceptors (Lipinski definition) is 6. The zero-order valence-corrected chi connectivity index (χ0v) is 17.0. The van der Waals surface area contributed by atoms with Gasteiger partial charge in [-0.05, 0) is 37.1 Å². The first kappa shape index (κ1) is 20.0. The van der Waals surface area contributed by atoms with Crippen LogP contribution in [0.5, 0.6) is 5.75 Å². The summed E-state index contributed by atoms with van der Waals surface area (Å²) in [5, 5.41) is 12.3. The molecule has 0 saturated heterocycles. The average molecular weight is 398 g/mol. The molecule has 3 aromatic rings. The summed E-state index contributed by atoms with van der Waals surface area (Å²) >= 11 is 1.37. The van der Waals surface area contributed by atoms with E-state index in [-0.39, 0.29) is 5.91 Å². The van der Waals surface area contributed by atoms with Crippen LogP contribution in [-0.2, 0) is 22.6 Å². The maximum Gasteiger partial charge on any atom is 0.255 e. The summed E-state index contributed by atoms with van der Waals surface area (Å²) in [5.41, 5.74) is 3.32. The molecule has 0 fully saturated rings. The number of anilines is 1. The summed E-state index contributed by atoms with van der Waals surface area (Å²) in [6.07, 6.45) is 0.0750. The summed E-state index contributed by atoms with van der Waals surface area (Å²) < 4.78 is 10.9. The minimum absolute atomic E-state index is 0.249. The minimum Gasteiger partial charge on any atom is -0.497 e. The Bertz CT molecular complexity index is 925. The molecule has 1 N–H and O–H groups in total. The quantitative estimate of drug-likeness (QED) is 0.622. The van der Waals surface area contributed by atoms with E-state index < -0.39 is 6.10 Å². The number of rotatable bonds is 8. The van der Waals surface area contributed by atoms with Crippen molar-refractivity contribution in [2.75, 3.05) is 12.4 Å². The van der Waals surface area contributed by atoms with E-state index in [1.807, 2.05) is 24.3 Å². The fraction of sp³-hybridized carbons (Fsp3) is 0.286. The van der Waals surface area contributed by atoms with Gasteiger partial charge in [0.15, 0.2) is 0 Å². The Kier molecular flexibility index (Phi) is 6.73. The van der Waals surface area contributed by atoms with Gasteiger partial charge in [0.25, 0.3) is 5.91 Å². The maximum absolute atomic E-state index is 12.3. The molecular weight excluding hydrogens is 374 g/mol. The number of aromatic nitrogens is 2. The highest BCUT2D eigenvalue weighted by Gasteiger charge is 2.16. The van der Waals surface area contributed by atoms with Crippen molar-refractivity contribution < 1.29 is 14.3 Å². The summed E-state index contributed by atoms with van der Waals surface area (Å²) in [5.74, 6) is 0.508. The van der Waals surface area contributed by atoms with Gasteiger partial charge in [-0.25, -0.2) is 0 Å². The number of carbonyl (C=O) groups is 1. The lowest BCUT2D eigenvalue weighted by molar-refractivity contribution is -0.127. The number of carbonyl (C=O) groups excluding carboxylic acids is 1. The van der Waals surface area contributed by atoms with E-state index in [2.05, 4.69) is 46.7 Å². The number of nitrogens with zero attached hydrogens (tertiary/aromatic N) is 2. The van der Waals surface area contributed by atoms with E-state index in [4.69, 9.17) is 9.47 Å². The lowest BCUT2D eigenvalue weighted by Gasteiger charge is -2.12. The maximum atomic E-state index is 12.3. The summed E-state index contributed by atoms with van der Waals surface area (Å²) in [4.78, 5) is 12.3. The van der Waals surface area contributed by atoms with Crippen LogP contribution in [0.15, 0.2) is 48.5 Å². The van der Waals surface area contributed by atoms with Crippen molar-refractivity contribution in [2.24, 2.45) is 0 Å². The van der Waals surface area contributed by atoms with Crippen molar-refractivity contribution in [2.45, 2.75) is 33.0 Å². The van der Waals surface area contributed by atoms with Gasteiger partial charge in [0, 0.05) is 6.42 Å². The van der Waals surface area contributed by atoms with Crippen LogP contribution < -0.4 is 10.1 Å². The first-order chi connectivity index (χ1) is 13.5. The van der Waals surface area contributed by atoms with Crippen LogP contribution in [0.3, 0.4) is 0 Å². The smallest absolute Gasteiger partial charge is 0.255 e. The molecule has 0 spiro atoms. The number of aryl methyl sites for hydroxylation is 1. The molecule has 2 aromatic carbocycles. The molecule has 0 aliphatic rings. The normalized spacial score (nSPS) is 11.8. The molecule has 1 heterocycles. The highest BCUT2D eigenvalue weighted by atomic mass is 32.1. The molecule has 0 bridgehead atoms. The Morgan fingerprint density at radius 2 is 1.93 bits per heavy atom. The number of amides is 1. The van der Waals surface area contributed by atoms with E-state index in [9.17, 15) is 4.79 Å². The molecule has 1 unspecified atom stereocenters. The third kappa shape index (κ3) is 5.61. The lowest BCUT2D eigenvalue weighted by atomic mass is 10.1. The van der Waals surface area contributed by atoms with E-state index in [0.29, 0.717) is 18.2 Å². The van der Waals surface area contributed by atoms with Crippen LogP contribution >= 0.6 is 11.3 Å². The van der Waals surface area contributed by atoms with Crippen LogP contribution in [0.25, 0.3) is 0 Å². The molecule has 28 heavy (non-hydrogen) atoms. The van der Waals surface area contributed by atoms with Crippen LogP contribution in [-0.4, -0.2) is 29.3 Å². The second-order valence-electron chi connectivity index (χ2n) is 6.46. The third-order valence-corrected chi connectivity index (χ3v) is 5.01. The van der Waals surface area contributed by atoms with Gasteiger partial charge >= 0.3 is 0 Å². The van der Waals surface area contributed by atoms with Crippen molar-refractivity contribution >= 4 is 22.4 Å². The zero-order valence-electron chi connectivity index (χ0n) is 16.1. The van der Waals surface area contributed by atoms with Crippen molar-refractivity contribution in [1.29, 1.82) is 0 Å². The Hall–Kier alpha value is -2.77. The largest absolute Gasteiger partial charge is 0.497 e. The van der Waals surface area contributed by atoms with Crippen molar-refractivity contribution in [3.63, 3.8) is 0 Å². The molecule has 1 amide bonds. The summed E-state index contributed by atoms with van der Waals surface area (Å²) in [6.45, 7) is 4.09. The van der Waals surface area contributed by atoms with Gasteiger partial charge in [0.1, 0.15) is 16.9 Å². The van der Waals surface area contributed by atoms with E-state index in [1.54, 1.807) is 14.0 Å². The van der Waals surface area contributed by atoms with Gasteiger partial charge in [-0.15, -0.1) is 10.2 Å². The average Bonchev–Trinajstić information content (AvgIpc) is 3.14. The van der Waals surface area contributed by atoms with E-state index in [0.717, 1.165) is 21.9 Å². The topological polar surface area (TPSA) is 73.3 Å². The standard InChI is InChI=1S/C21H23N3O3S/c1-14-7-9-16(10-8-14)12-19-23-24-21(28-19)22-20(25)15(2)27-13-17-5-4-6-18(11-17)26-3/h4-11,15H,12-13H2,1-3H3,(H,22,24,25). The summed E-state index contributed by atoms with van der Waals surface area (Å²) in [6, 6.07) is 15.8. The molecule has 0 aliphatic heterocycles. The minimum atomic E-state index is -0.615. The molecule has 1 aromatic heterocycles. The second kappa shape index (κ2) is 9.43. The van der Waals surface area contributed by atoms with Gasteiger partial charge < -0.3 is 9.47 Å². The molecule has 6 nitrogen and oxygen atoms in total. The van der Waals surface area contributed by atoms with E-state index >= 15 is 0 Å². The first-order valence-electron chi connectivity index (χ1n) is 8.97. The molecule has 7 heteroatoms. The predicted molar refractivity (Wildman–Crippen MR) is 110 cm³/mol. The Labute approximate surface area is 168 Å². The zero-order chi connectivity index (χ0) is 19.9. The fourth-order valence-corrected chi connectivity index (χ4v) is 3.30. The highest BCUT2D eigenvalue weighted by molar-refractivity contribution is 7.15. The Morgan fingerprint density at radius 1 is 1.14 bits per heavy atom. The fourth-order valence-electron chi connectivity index (χ4n) is 2.52. The summed E-state index contributed by atoms with van der Waals surface area (Å²) in [7, 11) is 1.62. The molecule has 146 valence electrons. The second-order valence-corrected chi connectivity index (χ2v) is 7.52. The van der Waals surface area contributed by atoms with Gasteiger partial charge in [-0.1, -0.05) is 53.3 Å². The number of nitrogens with one attached hydrogen (secondary N) is 1. The Morgan fingerprint density at radius 3 is 2.68 bits per heavy atom. The van der Waals surface area contributed by atoms with Gasteiger partial charge in [-0.3, -0.25) is 10.1 Å². The third-order valence-electron chi connectivity index (χ3n) is 4.18. The van der Waals surface area contributed by atoms with Crippen LogP contribution in [0.2, 0.25) is 0 Å². The monoisotopic (exact) mass is 397 g/mol. The van der Waals surface area contributed by atoms with Gasteiger partial charge in [0.05, 0.1) is 13.7 Å². The molecular formula is C21H23N3O3S. The van der Waals surface area contributed by atoms with Crippen LogP contribution in [0.1, 0.15) is 28.6 Å². The first-order valence-corrected chi connectivity index (χ1v) is 9.78. The van der Waals surface area contributed by atoms with Crippen molar-refractivity contribution in [1.82, 2.24) is 10.2 Å². The lowest BCUT2D eigenvalue weighted by Crippen LogP contribution is -2.27. The number of benzene rings is 2. The van der Waals surface area contributed by atoms with Crippen molar-refractivity contribution in [3.8, 4) is 5.75 Å². The van der Waals surface area contributed by atoms with Gasteiger partial charge in [0.2, 0.25) is 5.13 Å². The number of ether oxygens (including phenoxy) is 2. The van der Waals surface area contributed by atoms with Gasteiger partial charge in [-0.2, -0.15) is 0 Å². The number of hydrogen-bond donors (Lipinski definition) is 1.